The van der Waals surface area contributed by atoms with Crippen molar-refractivity contribution in [1.29, 1.82) is 0 Å². The lowest BCUT2D eigenvalue weighted by molar-refractivity contribution is -0.108. The molecule has 0 fully saturated rings. The fourth-order valence-corrected chi connectivity index (χ4v) is 2.10. The second kappa shape index (κ2) is 5.92. The summed E-state index contributed by atoms with van der Waals surface area (Å²) in [6, 6.07) is 15.6. The molecule has 0 aromatic heterocycles. The zero-order chi connectivity index (χ0) is 12.8. The quantitative estimate of drug-likeness (QED) is 0.751. The Labute approximate surface area is 106 Å². The van der Waals surface area contributed by atoms with Crippen LogP contribution in [0.3, 0.4) is 0 Å². The number of carbonyl (C=O) groups excluding carboxylic acids is 2. The zero-order valence-corrected chi connectivity index (χ0v) is 10.0. The van der Waals surface area contributed by atoms with Gasteiger partial charge in [-0.25, -0.2) is 0 Å². The molecule has 0 aliphatic heterocycles. The molecule has 0 radical (unpaired) electrons. The summed E-state index contributed by atoms with van der Waals surface area (Å²) in [6.45, 7) is 0. The number of rotatable bonds is 5. The molecule has 2 heteroatoms. The van der Waals surface area contributed by atoms with Gasteiger partial charge in [0.15, 0.2) is 0 Å². The maximum Gasteiger partial charge on any atom is 0.124 e. The Bertz CT molecular complexity index is 507. The second-order valence-corrected chi connectivity index (χ2v) is 4.06. The highest BCUT2D eigenvalue weighted by molar-refractivity contribution is 5.75. The van der Waals surface area contributed by atoms with Crippen LogP contribution in [0.4, 0.5) is 0 Å². The Kier molecular flexibility index (Phi) is 4.02. The molecule has 0 aliphatic rings. The molecule has 0 unspecified atom stereocenters. The van der Waals surface area contributed by atoms with Gasteiger partial charge in [0.2, 0.25) is 0 Å². The molecule has 0 heterocycles. The van der Waals surface area contributed by atoms with Crippen LogP contribution < -0.4 is 0 Å². The Hall–Kier alpha value is -2.22. The third-order valence-corrected chi connectivity index (χ3v) is 2.93. The highest BCUT2D eigenvalue weighted by Crippen LogP contribution is 2.27. The van der Waals surface area contributed by atoms with Crippen molar-refractivity contribution in [3.8, 4) is 11.1 Å². The summed E-state index contributed by atoms with van der Waals surface area (Å²) >= 11 is 0. The van der Waals surface area contributed by atoms with Crippen LogP contribution in [-0.4, -0.2) is 12.6 Å². The largest absolute Gasteiger partial charge is 0.303 e. The summed E-state index contributed by atoms with van der Waals surface area (Å²) in [5.74, 6) is 0. The highest BCUT2D eigenvalue weighted by Gasteiger charge is 2.08. The van der Waals surface area contributed by atoms with E-state index in [-0.39, 0.29) is 0 Å². The average Bonchev–Trinajstić information content (AvgIpc) is 2.41. The van der Waals surface area contributed by atoms with Crippen LogP contribution in [0.5, 0.6) is 0 Å². The number of carbonyl (C=O) groups is 2. The molecule has 2 rings (SSSR count). The first-order chi connectivity index (χ1) is 8.86. The van der Waals surface area contributed by atoms with E-state index in [4.69, 9.17) is 0 Å². The van der Waals surface area contributed by atoms with Gasteiger partial charge in [0.1, 0.15) is 12.6 Å². The van der Waals surface area contributed by atoms with Gasteiger partial charge < -0.3 is 9.59 Å². The maximum atomic E-state index is 10.7. The van der Waals surface area contributed by atoms with E-state index in [1.165, 1.54) is 0 Å². The minimum absolute atomic E-state index is 0.394. The number of aldehydes is 2. The second-order valence-electron chi connectivity index (χ2n) is 4.06. The molecule has 0 bridgehead atoms. The van der Waals surface area contributed by atoms with Gasteiger partial charge in [-0.05, 0) is 22.3 Å². The first kappa shape index (κ1) is 12.2. The van der Waals surface area contributed by atoms with Gasteiger partial charge in [0, 0.05) is 12.8 Å². The lowest BCUT2D eigenvalue weighted by Gasteiger charge is -2.11. The van der Waals surface area contributed by atoms with E-state index < -0.39 is 0 Å². The van der Waals surface area contributed by atoms with Crippen LogP contribution in [0.2, 0.25) is 0 Å². The molecule has 0 aliphatic carbocycles. The molecule has 90 valence electrons. The molecular weight excluding hydrogens is 224 g/mol. The third kappa shape index (κ3) is 2.54. The minimum atomic E-state index is 0.394. The first-order valence-corrected chi connectivity index (χ1v) is 5.90. The van der Waals surface area contributed by atoms with Crippen molar-refractivity contribution in [3.05, 3.63) is 59.7 Å². The molecule has 18 heavy (non-hydrogen) atoms. The van der Waals surface area contributed by atoms with Gasteiger partial charge in [-0.3, -0.25) is 0 Å². The summed E-state index contributed by atoms with van der Waals surface area (Å²) in [6.07, 6.45) is 2.60. The van der Waals surface area contributed by atoms with Crippen LogP contribution in [-0.2, 0) is 22.4 Å². The summed E-state index contributed by atoms with van der Waals surface area (Å²) < 4.78 is 0. The summed E-state index contributed by atoms with van der Waals surface area (Å²) in [5, 5.41) is 0. The van der Waals surface area contributed by atoms with E-state index in [1.54, 1.807) is 0 Å². The van der Waals surface area contributed by atoms with Gasteiger partial charge in [-0.15, -0.1) is 0 Å². The van der Waals surface area contributed by atoms with Crippen molar-refractivity contribution in [3.63, 3.8) is 0 Å². The Morgan fingerprint density at radius 3 is 1.44 bits per heavy atom. The molecule has 0 spiro atoms. The van der Waals surface area contributed by atoms with Crippen molar-refractivity contribution in [1.82, 2.24) is 0 Å². The predicted molar refractivity (Wildman–Crippen MR) is 71.4 cm³/mol. The van der Waals surface area contributed by atoms with E-state index in [0.717, 1.165) is 34.8 Å². The Balaban J connectivity index is 2.54. The molecular formula is C16H14O2. The summed E-state index contributed by atoms with van der Waals surface area (Å²) in [7, 11) is 0. The lowest BCUT2D eigenvalue weighted by atomic mass is 9.93. The summed E-state index contributed by atoms with van der Waals surface area (Å²) in [4.78, 5) is 21.4. The van der Waals surface area contributed by atoms with Crippen molar-refractivity contribution in [2.24, 2.45) is 0 Å². The third-order valence-electron chi connectivity index (χ3n) is 2.93. The minimum Gasteiger partial charge on any atom is -0.303 e. The monoisotopic (exact) mass is 238 g/mol. The van der Waals surface area contributed by atoms with Crippen LogP contribution in [0, 0.1) is 0 Å². The molecule has 2 aromatic carbocycles. The molecule has 2 nitrogen and oxygen atoms in total. The van der Waals surface area contributed by atoms with Gasteiger partial charge in [-0.2, -0.15) is 0 Å². The van der Waals surface area contributed by atoms with Crippen LogP contribution >= 0.6 is 0 Å². The van der Waals surface area contributed by atoms with Crippen LogP contribution in [0.15, 0.2) is 48.5 Å². The van der Waals surface area contributed by atoms with E-state index in [9.17, 15) is 9.59 Å². The Morgan fingerprint density at radius 1 is 0.667 bits per heavy atom. The van der Waals surface area contributed by atoms with Crippen molar-refractivity contribution in [2.45, 2.75) is 12.8 Å². The molecule has 2 aromatic rings. The molecule has 0 N–H and O–H groups in total. The van der Waals surface area contributed by atoms with Gasteiger partial charge in [-0.1, -0.05) is 48.5 Å². The normalized spacial score (nSPS) is 10.0. The van der Waals surface area contributed by atoms with Crippen LogP contribution in [0.25, 0.3) is 11.1 Å². The van der Waals surface area contributed by atoms with Crippen LogP contribution in [0.1, 0.15) is 11.1 Å². The van der Waals surface area contributed by atoms with E-state index in [1.807, 2.05) is 48.5 Å². The zero-order valence-electron chi connectivity index (χ0n) is 10.0. The fourth-order valence-electron chi connectivity index (χ4n) is 2.10. The number of hydrogen-bond acceptors (Lipinski definition) is 2. The molecule has 0 saturated heterocycles. The topological polar surface area (TPSA) is 34.1 Å². The first-order valence-electron chi connectivity index (χ1n) is 5.90. The standard InChI is InChI=1S/C16H14O2/c17-11-9-13-5-1-3-7-15(13)16-8-4-2-6-14(16)10-12-18/h1-8,11-12H,9-10H2. The number of hydrogen-bond donors (Lipinski definition) is 0. The predicted octanol–water partition coefficient (Wildman–Crippen LogP) is 2.84. The lowest BCUT2D eigenvalue weighted by Crippen LogP contribution is -1.95. The fraction of sp³-hybridized carbons (Fsp3) is 0.125. The maximum absolute atomic E-state index is 10.7. The SMILES string of the molecule is O=CCc1ccccc1-c1ccccc1CC=O. The molecule has 0 saturated carbocycles. The van der Waals surface area contributed by atoms with Crippen molar-refractivity contribution < 1.29 is 9.59 Å². The van der Waals surface area contributed by atoms with Gasteiger partial charge >= 0.3 is 0 Å². The van der Waals surface area contributed by atoms with E-state index in [0.29, 0.717) is 12.8 Å². The Morgan fingerprint density at radius 2 is 1.06 bits per heavy atom. The smallest absolute Gasteiger partial charge is 0.124 e. The summed E-state index contributed by atoms with van der Waals surface area (Å²) in [5.41, 5.74) is 4.04. The average molecular weight is 238 g/mol. The molecule has 0 amide bonds. The molecule has 0 atom stereocenters. The van der Waals surface area contributed by atoms with Crippen molar-refractivity contribution in [2.75, 3.05) is 0 Å². The highest BCUT2D eigenvalue weighted by atomic mass is 16.1. The van der Waals surface area contributed by atoms with E-state index in [2.05, 4.69) is 0 Å². The van der Waals surface area contributed by atoms with Gasteiger partial charge in [0.25, 0.3) is 0 Å². The van der Waals surface area contributed by atoms with Crippen molar-refractivity contribution >= 4 is 12.6 Å². The van der Waals surface area contributed by atoms with E-state index >= 15 is 0 Å². The van der Waals surface area contributed by atoms with Gasteiger partial charge in [0.05, 0.1) is 0 Å². The number of benzene rings is 2.